The Kier molecular flexibility index (Phi) is 12.8. The molecule has 0 aliphatic carbocycles. The number of methoxy groups -OCH3 is 1. The molecule has 1 aromatic rings. The van der Waals surface area contributed by atoms with Crippen molar-refractivity contribution >= 4 is 26.8 Å². The van der Waals surface area contributed by atoms with Crippen LogP contribution in [-0.2, 0) is 22.9 Å². The molecule has 0 fully saturated rings. The van der Waals surface area contributed by atoms with Gasteiger partial charge in [-0.15, -0.1) is 0 Å². The average molecular weight is 455 g/mol. The van der Waals surface area contributed by atoms with Crippen LogP contribution < -0.4 is 9.47 Å². The first-order valence-corrected chi connectivity index (χ1v) is 12.5. The average Bonchev–Trinajstić information content (AvgIpc) is 2.72. The zero-order valence-electron chi connectivity index (χ0n) is 18.8. The highest BCUT2D eigenvalue weighted by molar-refractivity contribution is 6.60. The lowest BCUT2D eigenvalue weighted by Gasteiger charge is -2.28. The molecular weight excluding hydrogens is 420 g/mol. The van der Waals surface area contributed by atoms with E-state index in [1.807, 2.05) is 20.8 Å². The number of carbonyl (C=O) groups is 2. The molecule has 1 N–H and O–H groups in total. The fourth-order valence-corrected chi connectivity index (χ4v) is 5.69. The van der Waals surface area contributed by atoms with E-state index in [4.69, 9.17) is 27.9 Å². The summed E-state index contributed by atoms with van der Waals surface area (Å²) in [5.41, 5.74) is 0.593. The van der Waals surface area contributed by atoms with E-state index in [1.54, 1.807) is 18.2 Å². The maximum Gasteiger partial charge on any atom is 0.500 e. The van der Waals surface area contributed by atoms with E-state index in [0.29, 0.717) is 43.6 Å². The summed E-state index contributed by atoms with van der Waals surface area (Å²) < 4.78 is 28.2. The molecule has 0 aliphatic rings. The van der Waals surface area contributed by atoms with Gasteiger partial charge in [0.1, 0.15) is 0 Å². The smallest absolute Gasteiger partial charge is 0.493 e. The largest absolute Gasteiger partial charge is 0.500 e. The van der Waals surface area contributed by atoms with Crippen LogP contribution in [0.5, 0.6) is 11.5 Å². The Morgan fingerprint density at radius 3 is 2.16 bits per heavy atom. The molecule has 0 spiro atoms. The summed E-state index contributed by atoms with van der Waals surface area (Å²) in [5.74, 6) is -0.766. The minimum atomic E-state index is -2.65. The monoisotopic (exact) mass is 454 g/mol. The number of carboxylic acids is 1. The number of ether oxygens (including phenoxy) is 2. The lowest BCUT2D eigenvalue weighted by atomic mass is 10.2. The third kappa shape index (κ3) is 10.1. The van der Waals surface area contributed by atoms with Crippen molar-refractivity contribution in [1.82, 2.24) is 0 Å². The molecule has 174 valence electrons. The maximum absolute atomic E-state index is 12.3. The molecule has 1 rings (SSSR count). The van der Waals surface area contributed by atoms with Gasteiger partial charge in [0.05, 0.1) is 7.11 Å². The minimum Gasteiger partial charge on any atom is -0.493 e. The van der Waals surface area contributed by atoms with Crippen LogP contribution in [-0.4, -0.2) is 52.8 Å². The Morgan fingerprint density at radius 2 is 1.61 bits per heavy atom. The fourth-order valence-electron chi connectivity index (χ4n) is 3.01. The molecule has 0 radical (unpaired) electrons. The fraction of sp³-hybridized carbons (Fsp3) is 0.545. The standard InChI is InChI=1S/C22H34O8Si/c1-5-27-31(28-6-2,29-7-3)16-10-8-9-11-22(25)30-20-17-18(13-15-21(23)24)12-14-19(20)26-4/h12-15,17H,5-11,16H2,1-4H3,(H,23,24)/b15-13+. The number of hydrogen-bond acceptors (Lipinski definition) is 7. The van der Waals surface area contributed by atoms with E-state index >= 15 is 0 Å². The maximum atomic E-state index is 12.3. The molecule has 0 aliphatic heterocycles. The molecule has 1 aromatic carbocycles. The molecule has 9 heteroatoms. The third-order valence-corrected chi connectivity index (χ3v) is 7.44. The Morgan fingerprint density at radius 1 is 0.968 bits per heavy atom. The second-order valence-corrected chi connectivity index (χ2v) is 9.33. The van der Waals surface area contributed by atoms with E-state index in [-0.39, 0.29) is 18.1 Å². The summed E-state index contributed by atoms with van der Waals surface area (Å²) in [6.45, 7) is 7.41. The number of rotatable bonds is 16. The van der Waals surface area contributed by atoms with Crippen molar-refractivity contribution in [2.24, 2.45) is 0 Å². The molecule has 0 atom stereocenters. The number of hydrogen-bond donors (Lipinski definition) is 1. The third-order valence-electron chi connectivity index (χ3n) is 4.29. The predicted octanol–water partition coefficient (Wildman–Crippen LogP) is 4.31. The van der Waals surface area contributed by atoms with Crippen molar-refractivity contribution in [1.29, 1.82) is 0 Å². The summed E-state index contributed by atoms with van der Waals surface area (Å²) in [6.07, 6.45) is 5.00. The van der Waals surface area contributed by atoms with E-state index in [9.17, 15) is 9.59 Å². The van der Waals surface area contributed by atoms with E-state index in [2.05, 4.69) is 0 Å². The van der Waals surface area contributed by atoms with E-state index < -0.39 is 14.8 Å². The molecule has 31 heavy (non-hydrogen) atoms. The van der Waals surface area contributed by atoms with Crippen LogP contribution in [0.3, 0.4) is 0 Å². The molecule has 0 aromatic heterocycles. The summed E-state index contributed by atoms with van der Waals surface area (Å²) in [7, 11) is -1.17. The molecule has 0 unspecified atom stereocenters. The van der Waals surface area contributed by atoms with E-state index in [1.165, 1.54) is 13.2 Å². The van der Waals surface area contributed by atoms with Gasteiger partial charge in [-0.1, -0.05) is 12.5 Å². The second-order valence-electron chi connectivity index (χ2n) is 6.60. The van der Waals surface area contributed by atoms with Gasteiger partial charge in [-0.25, -0.2) is 4.79 Å². The first-order valence-electron chi connectivity index (χ1n) is 10.6. The van der Waals surface area contributed by atoms with Crippen molar-refractivity contribution < 1.29 is 37.4 Å². The van der Waals surface area contributed by atoms with Crippen LogP contribution in [0.1, 0.15) is 52.0 Å². The van der Waals surface area contributed by atoms with Gasteiger partial charge in [0, 0.05) is 38.4 Å². The molecule has 0 amide bonds. The first-order chi connectivity index (χ1) is 14.9. The highest BCUT2D eigenvalue weighted by atomic mass is 28.4. The lowest BCUT2D eigenvalue weighted by molar-refractivity contribution is -0.134. The van der Waals surface area contributed by atoms with Gasteiger partial charge >= 0.3 is 20.7 Å². The number of benzene rings is 1. The zero-order chi connectivity index (χ0) is 23.1. The van der Waals surface area contributed by atoms with E-state index in [0.717, 1.165) is 18.9 Å². The van der Waals surface area contributed by atoms with Crippen LogP contribution in [0.2, 0.25) is 6.04 Å². The van der Waals surface area contributed by atoms with Gasteiger partial charge in [-0.05, 0) is 57.4 Å². The zero-order valence-corrected chi connectivity index (χ0v) is 19.8. The Balaban J connectivity index is 2.56. The lowest BCUT2D eigenvalue weighted by Crippen LogP contribution is -2.45. The van der Waals surface area contributed by atoms with Gasteiger partial charge in [-0.2, -0.15) is 0 Å². The topological polar surface area (TPSA) is 101 Å². The number of unbranched alkanes of at least 4 members (excludes halogenated alkanes) is 2. The summed E-state index contributed by atoms with van der Waals surface area (Å²) >= 11 is 0. The SMILES string of the molecule is CCO[Si](CCCCCC(=O)Oc1cc(/C=C/C(=O)O)ccc1OC)(OCC)OCC. The highest BCUT2D eigenvalue weighted by Gasteiger charge is 2.39. The number of aliphatic carboxylic acids is 1. The van der Waals surface area contributed by atoms with Crippen LogP contribution in [0.25, 0.3) is 6.08 Å². The van der Waals surface area contributed by atoms with Crippen LogP contribution in [0, 0.1) is 0 Å². The molecule has 0 saturated heterocycles. The quantitative estimate of drug-likeness (QED) is 0.130. The molecule has 0 saturated carbocycles. The van der Waals surface area contributed by atoms with Crippen LogP contribution in [0.4, 0.5) is 0 Å². The minimum absolute atomic E-state index is 0.255. The van der Waals surface area contributed by atoms with Gasteiger partial charge in [0.2, 0.25) is 0 Å². The normalized spacial score (nSPS) is 11.6. The summed E-state index contributed by atoms with van der Waals surface area (Å²) in [6, 6.07) is 5.59. The highest BCUT2D eigenvalue weighted by Crippen LogP contribution is 2.29. The predicted molar refractivity (Wildman–Crippen MR) is 119 cm³/mol. The Labute approximate surface area is 185 Å². The summed E-state index contributed by atoms with van der Waals surface area (Å²) in [5, 5.41) is 8.75. The van der Waals surface area contributed by atoms with Crippen molar-refractivity contribution in [3.8, 4) is 11.5 Å². The van der Waals surface area contributed by atoms with Gasteiger partial charge in [-0.3, -0.25) is 4.79 Å². The van der Waals surface area contributed by atoms with Crippen LogP contribution in [0.15, 0.2) is 24.3 Å². The Hall–Kier alpha value is -2.20. The summed E-state index contributed by atoms with van der Waals surface area (Å²) in [4.78, 5) is 23.0. The van der Waals surface area contributed by atoms with Crippen molar-refractivity contribution in [3.63, 3.8) is 0 Å². The molecule has 0 bridgehead atoms. The van der Waals surface area contributed by atoms with Crippen molar-refractivity contribution in [2.45, 2.75) is 52.5 Å². The number of esters is 1. The number of carboxylic acid groups (broad SMARTS) is 1. The van der Waals surface area contributed by atoms with Gasteiger partial charge in [0.25, 0.3) is 0 Å². The number of carbonyl (C=O) groups excluding carboxylic acids is 1. The first kappa shape index (κ1) is 26.8. The molecule has 0 heterocycles. The van der Waals surface area contributed by atoms with Crippen molar-refractivity contribution in [3.05, 3.63) is 29.8 Å². The van der Waals surface area contributed by atoms with Crippen molar-refractivity contribution in [2.75, 3.05) is 26.9 Å². The molecule has 8 nitrogen and oxygen atoms in total. The van der Waals surface area contributed by atoms with Gasteiger partial charge in [0.15, 0.2) is 11.5 Å². The second kappa shape index (κ2) is 14.7. The van der Waals surface area contributed by atoms with Gasteiger partial charge < -0.3 is 27.9 Å². The van der Waals surface area contributed by atoms with Crippen LogP contribution >= 0.6 is 0 Å². The molecular formula is C22H34O8Si. The Bertz CT molecular complexity index is 702.